The van der Waals surface area contributed by atoms with Gasteiger partial charge in [-0.25, -0.2) is 4.68 Å². The Morgan fingerprint density at radius 2 is 2.00 bits per heavy atom. The lowest BCUT2D eigenvalue weighted by Crippen LogP contribution is -2.06. The van der Waals surface area contributed by atoms with Crippen LogP contribution in [0.2, 0.25) is 0 Å². The van der Waals surface area contributed by atoms with Gasteiger partial charge in [0.1, 0.15) is 0 Å². The average Bonchev–Trinajstić information content (AvgIpc) is 2.93. The van der Waals surface area contributed by atoms with E-state index in [1.807, 2.05) is 30.3 Å². The second-order valence-electron chi connectivity index (χ2n) is 4.35. The molecule has 2 heterocycles. The SMILES string of the molecule is O=c1[nH]ccc(Cc2cn(-c3ccccc3)nn2)c1O. The van der Waals surface area contributed by atoms with Gasteiger partial charge in [0.2, 0.25) is 0 Å². The molecule has 0 fully saturated rings. The Balaban J connectivity index is 1.88. The third kappa shape index (κ3) is 2.31. The molecule has 0 atom stereocenters. The molecule has 0 saturated heterocycles. The van der Waals surface area contributed by atoms with Gasteiger partial charge in [0.15, 0.2) is 5.75 Å². The first-order chi connectivity index (χ1) is 9.74. The highest BCUT2D eigenvalue weighted by Gasteiger charge is 2.09. The minimum Gasteiger partial charge on any atom is -0.503 e. The predicted octanol–water partition coefficient (Wildman–Crippen LogP) is 1.25. The van der Waals surface area contributed by atoms with E-state index in [1.54, 1.807) is 16.9 Å². The van der Waals surface area contributed by atoms with Crippen LogP contribution in [0, 0.1) is 0 Å². The van der Waals surface area contributed by atoms with Crippen LogP contribution in [0.25, 0.3) is 5.69 Å². The number of para-hydroxylation sites is 1. The molecule has 6 nitrogen and oxygen atoms in total. The van der Waals surface area contributed by atoms with Gasteiger partial charge >= 0.3 is 0 Å². The monoisotopic (exact) mass is 268 g/mol. The molecule has 3 rings (SSSR count). The Hall–Kier alpha value is -2.89. The highest BCUT2D eigenvalue weighted by Crippen LogP contribution is 2.14. The van der Waals surface area contributed by atoms with Gasteiger partial charge in [-0.3, -0.25) is 4.79 Å². The molecule has 20 heavy (non-hydrogen) atoms. The predicted molar refractivity (Wildman–Crippen MR) is 72.9 cm³/mol. The Morgan fingerprint density at radius 1 is 1.20 bits per heavy atom. The van der Waals surface area contributed by atoms with Crippen LogP contribution in [0.3, 0.4) is 0 Å². The van der Waals surface area contributed by atoms with Crippen molar-refractivity contribution in [3.05, 3.63) is 70.4 Å². The summed E-state index contributed by atoms with van der Waals surface area (Å²) >= 11 is 0. The highest BCUT2D eigenvalue weighted by atomic mass is 16.3. The number of hydrogen-bond donors (Lipinski definition) is 2. The van der Waals surface area contributed by atoms with Gasteiger partial charge in [-0.15, -0.1) is 5.10 Å². The van der Waals surface area contributed by atoms with Crippen LogP contribution in [0.4, 0.5) is 0 Å². The van der Waals surface area contributed by atoms with Gasteiger partial charge in [0, 0.05) is 18.2 Å². The Kier molecular flexibility index (Phi) is 3.04. The number of nitrogens with zero attached hydrogens (tertiary/aromatic N) is 3. The molecule has 0 bridgehead atoms. The average molecular weight is 268 g/mol. The largest absolute Gasteiger partial charge is 0.503 e. The summed E-state index contributed by atoms with van der Waals surface area (Å²) in [6.07, 6.45) is 3.62. The Morgan fingerprint density at radius 3 is 2.80 bits per heavy atom. The van der Waals surface area contributed by atoms with E-state index in [2.05, 4.69) is 15.3 Å². The minimum atomic E-state index is -0.502. The second-order valence-corrected chi connectivity index (χ2v) is 4.35. The van der Waals surface area contributed by atoms with Crippen LogP contribution in [-0.4, -0.2) is 25.1 Å². The highest BCUT2D eigenvalue weighted by molar-refractivity contribution is 5.33. The van der Waals surface area contributed by atoms with Crippen molar-refractivity contribution in [2.45, 2.75) is 6.42 Å². The van der Waals surface area contributed by atoms with Crippen molar-refractivity contribution in [1.82, 2.24) is 20.0 Å². The van der Waals surface area contributed by atoms with Crippen LogP contribution < -0.4 is 5.56 Å². The summed E-state index contributed by atoms with van der Waals surface area (Å²) in [5.74, 6) is -0.276. The fourth-order valence-electron chi connectivity index (χ4n) is 1.94. The van der Waals surface area contributed by atoms with Crippen LogP contribution in [0.1, 0.15) is 11.3 Å². The first-order valence-corrected chi connectivity index (χ1v) is 6.10. The topological polar surface area (TPSA) is 83.8 Å². The van der Waals surface area contributed by atoms with Gasteiger partial charge in [-0.05, 0) is 18.2 Å². The quantitative estimate of drug-likeness (QED) is 0.748. The zero-order valence-corrected chi connectivity index (χ0v) is 10.5. The molecule has 0 aliphatic heterocycles. The number of benzene rings is 1. The Bertz CT molecular complexity index is 777. The van der Waals surface area contributed by atoms with E-state index >= 15 is 0 Å². The summed E-state index contributed by atoms with van der Waals surface area (Å²) in [7, 11) is 0. The number of rotatable bonds is 3. The van der Waals surface area contributed by atoms with Crippen molar-refractivity contribution in [3.8, 4) is 11.4 Å². The molecule has 100 valence electrons. The molecule has 1 aromatic carbocycles. The summed E-state index contributed by atoms with van der Waals surface area (Å²) in [5.41, 5.74) is 1.60. The van der Waals surface area contributed by atoms with Gasteiger partial charge in [0.25, 0.3) is 5.56 Å². The number of hydrogen-bond acceptors (Lipinski definition) is 4. The van der Waals surface area contributed by atoms with Crippen molar-refractivity contribution in [1.29, 1.82) is 0 Å². The first kappa shape index (κ1) is 12.2. The van der Waals surface area contributed by atoms with E-state index in [4.69, 9.17) is 0 Å². The number of H-pyrrole nitrogens is 1. The molecule has 0 saturated carbocycles. The smallest absolute Gasteiger partial charge is 0.290 e. The number of aromatic hydroxyl groups is 1. The summed E-state index contributed by atoms with van der Waals surface area (Å²) in [5, 5.41) is 17.8. The lowest BCUT2D eigenvalue weighted by molar-refractivity contribution is 0.460. The van der Waals surface area contributed by atoms with Crippen molar-refractivity contribution in [2.24, 2.45) is 0 Å². The number of aromatic amines is 1. The molecule has 2 aromatic heterocycles. The van der Waals surface area contributed by atoms with Crippen LogP contribution in [0.15, 0.2) is 53.6 Å². The van der Waals surface area contributed by atoms with Crippen LogP contribution in [0.5, 0.6) is 5.75 Å². The fraction of sp³-hybridized carbons (Fsp3) is 0.0714. The van der Waals surface area contributed by atoms with Gasteiger partial charge in [-0.1, -0.05) is 23.4 Å². The normalized spacial score (nSPS) is 10.6. The van der Waals surface area contributed by atoms with E-state index in [0.29, 0.717) is 17.7 Å². The zero-order valence-electron chi connectivity index (χ0n) is 10.5. The van der Waals surface area contributed by atoms with E-state index in [9.17, 15) is 9.90 Å². The first-order valence-electron chi connectivity index (χ1n) is 6.10. The number of nitrogens with one attached hydrogen (secondary N) is 1. The molecule has 6 heteroatoms. The Labute approximate surface area is 114 Å². The third-order valence-electron chi connectivity index (χ3n) is 2.95. The maximum absolute atomic E-state index is 11.3. The molecular weight excluding hydrogens is 256 g/mol. The van der Waals surface area contributed by atoms with Gasteiger partial charge < -0.3 is 10.1 Å². The molecule has 0 radical (unpaired) electrons. The minimum absolute atomic E-state index is 0.276. The standard InChI is InChI=1S/C14H12N4O2/c19-13-10(6-7-15-14(13)20)8-11-9-18(17-16-11)12-4-2-1-3-5-12/h1-7,9,19H,8H2,(H,15,20). The molecule has 0 amide bonds. The van der Waals surface area contributed by atoms with Crippen molar-refractivity contribution in [2.75, 3.05) is 0 Å². The summed E-state index contributed by atoms with van der Waals surface area (Å²) < 4.78 is 1.65. The lowest BCUT2D eigenvalue weighted by atomic mass is 10.1. The third-order valence-corrected chi connectivity index (χ3v) is 2.95. The molecule has 0 unspecified atom stereocenters. The fourth-order valence-corrected chi connectivity index (χ4v) is 1.94. The summed E-state index contributed by atoms with van der Waals surface area (Å²) in [6, 6.07) is 11.2. The molecule has 0 spiro atoms. The maximum Gasteiger partial charge on any atom is 0.290 e. The van der Waals surface area contributed by atoms with E-state index in [-0.39, 0.29) is 5.75 Å². The second kappa shape index (κ2) is 5.00. The summed E-state index contributed by atoms with van der Waals surface area (Å²) in [4.78, 5) is 13.7. The van der Waals surface area contributed by atoms with Gasteiger partial charge in [0.05, 0.1) is 17.6 Å². The molecule has 0 aliphatic rings. The lowest BCUT2D eigenvalue weighted by Gasteiger charge is -2.00. The van der Waals surface area contributed by atoms with E-state index in [1.165, 1.54) is 6.20 Å². The number of pyridine rings is 1. The summed E-state index contributed by atoms with van der Waals surface area (Å²) in [6.45, 7) is 0. The molecule has 0 aliphatic carbocycles. The van der Waals surface area contributed by atoms with E-state index < -0.39 is 5.56 Å². The molecular formula is C14H12N4O2. The molecule has 3 aromatic rings. The van der Waals surface area contributed by atoms with Crippen LogP contribution in [-0.2, 0) is 6.42 Å². The van der Waals surface area contributed by atoms with Crippen LogP contribution >= 0.6 is 0 Å². The van der Waals surface area contributed by atoms with E-state index in [0.717, 1.165) is 5.69 Å². The number of aromatic nitrogens is 4. The van der Waals surface area contributed by atoms with Gasteiger partial charge in [-0.2, -0.15) is 0 Å². The zero-order chi connectivity index (χ0) is 13.9. The molecule has 2 N–H and O–H groups in total. The van der Waals surface area contributed by atoms with Crippen molar-refractivity contribution in [3.63, 3.8) is 0 Å². The maximum atomic E-state index is 11.3. The van der Waals surface area contributed by atoms with Crippen molar-refractivity contribution < 1.29 is 5.11 Å². The van der Waals surface area contributed by atoms with Crippen molar-refractivity contribution >= 4 is 0 Å².